The van der Waals surface area contributed by atoms with Crippen LogP contribution < -0.4 is 5.32 Å². The predicted octanol–water partition coefficient (Wildman–Crippen LogP) is 15.1. The normalized spacial score (nSPS) is 14.7. The Hall–Kier alpha value is -2.06. The standard InChI is InChI=1S/C54H99N2O6P/c1-6-8-10-12-14-16-18-19-20-21-22-23-24-25-26-27-28-29-30-31-32-33-34-35-36-37-38-40-42-44-46-48-54(58)55-52(51-62-63(59,60)61-50-49-56(3,4)5)53(57)47-45-43-41-39-17-15-13-11-9-7-2/h8,10,14,16-17,19-20,22-23,39,45,47,52-53,57H,6-7,9,11-13,15,18,21,24-38,40-44,46,48-51H2,1-5H3,(H-,55,58,59,60)/p+1/b10-8-,16-14-,20-19-,23-22-,39-17+,47-45+. The number of phosphoric acid groups is 1. The average Bonchev–Trinajstić information content (AvgIpc) is 3.24. The average molecular weight is 904 g/mol. The number of allylic oxidation sites excluding steroid dienone is 11. The molecule has 0 bridgehead atoms. The van der Waals surface area contributed by atoms with E-state index in [1.54, 1.807) is 6.08 Å². The summed E-state index contributed by atoms with van der Waals surface area (Å²) in [5, 5.41) is 13.8. The molecule has 0 spiro atoms. The molecule has 1 amide bonds. The van der Waals surface area contributed by atoms with Crippen molar-refractivity contribution >= 4 is 13.7 Å². The molecule has 3 atom stereocenters. The zero-order chi connectivity index (χ0) is 46.4. The van der Waals surface area contributed by atoms with Crippen LogP contribution >= 0.6 is 7.82 Å². The molecular formula is C54H100N2O6P+. The Morgan fingerprint density at radius 1 is 0.556 bits per heavy atom. The van der Waals surface area contributed by atoms with Crippen LogP contribution in [0.15, 0.2) is 72.9 Å². The molecule has 0 fully saturated rings. The van der Waals surface area contributed by atoms with Gasteiger partial charge in [-0.25, -0.2) is 4.57 Å². The summed E-state index contributed by atoms with van der Waals surface area (Å²) in [7, 11) is 1.55. The molecule has 9 heteroatoms. The van der Waals surface area contributed by atoms with Gasteiger partial charge in [-0.05, 0) is 70.6 Å². The van der Waals surface area contributed by atoms with Crippen LogP contribution in [0.1, 0.15) is 213 Å². The maximum absolute atomic E-state index is 12.9. The van der Waals surface area contributed by atoms with Gasteiger partial charge in [-0.3, -0.25) is 13.8 Å². The maximum Gasteiger partial charge on any atom is 0.472 e. The van der Waals surface area contributed by atoms with E-state index in [1.165, 1.54) is 128 Å². The van der Waals surface area contributed by atoms with Crippen LogP contribution in [0.25, 0.3) is 0 Å². The van der Waals surface area contributed by atoms with E-state index in [2.05, 4.69) is 79.9 Å². The first-order chi connectivity index (χ1) is 30.5. The van der Waals surface area contributed by atoms with E-state index in [0.29, 0.717) is 17.4 Å². The Labute approximate surface area is 389 Å². The monoisotopic (exact) mass is 904 g/mol. The number of hydrogen-bond acceptors (Lipinski definition) is 5. The second kappa shape index (κ2) is 45.1. The number of phosphoric ester groups is 1. The van der Waals surface area contributed by atoms with Gasteiger partial charge in [0, 0.05) is 6.42 Å². The molecule has 8 nitrogen and oxygen atoms in total. The molecule has 366 valence electrons. The minimum atomic E-state index is -4.35. The first kappa shape index (κ1) is 60.9. The van der Waals surface area contributed by atoms with E-state index >= 15 is 0 Å². The van der Waals surface area contributed by atoms with Crippen molar-refractivity contribution in [1.82, 2.24) is 5.32 Å². The topological polar surface area (TPSA) is 105 Å². The Kier molecular flexibility index (Phi) is 43.6. The molecule has 0 radical (unpaired) electrons. The lowest BCUT2D eigenvalue weighted by Gasteiger charge is -2.25. The van der Waals surface area contributed by atoms with E-state index in [-0.39, 0.29) is 19.1 Å². The highest BCUT2D eigenvalue weighted by molar-refractivity contribution is 7.47. The summed E-state index contributed by atoms with van der Waals surface area (Å²) in [4.78, 5) is 23.1. The van der Waals surface area contributed by atoms with E-state index in [4.69, 9.17) is 9.05 Å². The lowest BCUT2D eigenvalue weighted by atomic mass is 10.0. The van der Waals surface area contributed by atoms with E-state index in [9.17, 15) is 19.4 Å². The molecule has 0 aliphatic carbocycles. The van der Waals surface area contributed by atoms with Crippen LogP contribution in [0.3, 0.4) is 0 Å². The minimum absolute atomic E-state index is 0.0546. The fourth-order valence-corrected chi connectivity index (χ4v) is 7.84. The van der Waals surface area contributed by atoms with Gasteiger partial charge in [0.2, 0.25) is 5.91 Å². The lowest BCUT2D eigenvalue weighted by molar-refractivity contribution is -0.870. The first-order valence-electron chi connectivity index (χ1n) is 25.8. The molecule has 3 unspecified atom stereocenters. The van der Waals surface area contributed by atoms with Crippen molar-refractivity contribution in [2.75, 3.05) is 40.9 Å². The van der Waals surface area contributed by atoms with Crippen molar-refractivity contribution in [3.8, 4) is 0 Å². The third kappa shape index (κ3) is 47.7. The summed E-state index contributed by atoms with van der Waals surface area (Å²) in [6, 6.07) is -0.863. The van der Waals surface area contributed by atoms with Crippen molar-refractivity contribution in [1.29, 1.82) is 0 Å². The quantitative estimate of drug-likeness (QED) is 0.0243. The second-order valence-electron chi connectivity index (χ2n) is 18.5. The number of carbonyl (C=O) groups excluding carboxylic acids is 1. The van der Waals surface area contributed by atoms with Crippen LogP contribution in [-0.4, -0.2) is 73.4 Å². The number of nitrogens with one attached hydrogen (secondary N) is 1. The van der Waals surface area contributed by atoms with E-state index < -0.39 is 20.0 Å². The summed E-state index contributed by atoms with van der Waals surface area (Å²) in [5.41, 5.74) is 0. The number of aliphatic hydroxyl groups excluding tert-OH is 1. The minimum Gasteiger partial charge on any atom is -0.387 e. The van der Waals surface area contributed by atoms with Crippen LogP contribution in [0.5, 0.6) is 0 Å². The molecule has 0 saturated heterocycles. The van der Waals surface area contributed by atoms with Gasteiger partial charge in [0.05, 0.1) is 39.9 Å². The van der Waals surface area contributed by atoms with Crippen LogP contribution in [0, 0.1) is 0 Å². The number of quaternary nitrogens is 1. The van der Waals surface area contributed by atoms with Gasteiger partial charge in [-0.1, -0.05) is 209 Å². The lowest BCUT2D eigenvalue weighted by Crippen LogP contribution is -2.45. The number of amides is 1. The van der Waals surface area contributed by atoms with Crippen molar-refractivity contribution < 1.29 is 32.9 Å². The number of likely N-dealkylation sites (N-methyl/N-ethyl adjacent to an activating group) is 1. The van der Waals surface area contributed by atoms with E-state index in [0.717, 1.165) is 64.2 Å². The van der Waals surface area contributed by atoms with Crippen LogP contribution in [0.2, 0.25) is 0 Å². The number of nitrogens with zero attached hydrogens (tertiary/aromatic N) is 1. The van der Waals surface area contributed by atoms with Gasteiger partial charge in [-0.2, -0.15) is 0 Å². The molecule has 0 aromatic rings. The first-order valence-corrected chi connectivity index (χ1v) is 27.3. The zero-order valence-electron chi connectivity index (χ0n) is 41.5. The van der Waals surface area contributed by atoms with Crippen molar-refractivity contribution in [2.24, 2.45) is 0 Å². The predicted molar refractivity (Wildman–Crippen MR) is 272 cm³/mol. The summed E-state index contributed by atoms with van der Waals surface area (Å²) in [5.74, 6) is -0.190. The van der Waals surface area contributed by atoms with Gasteiger partial charge in [0.25, 0.3) is 0 Å². The highest BCUT2D eigenvalue weighted by Gasteiger charge is 2.27. The fraction of sp³-hybridized carbons (Fsp3) is 0.759. The zero-order valence-corrected chi connectivity index (χ0v) is 42.4. The fourth-order valence-electron chi connectivity index (χ4n) is 7.11. The molecule has 0 rings (SSSR count). The number of hydrogen-bond donors (Lipinski definition) is 3. The molecular weight excluding hydrogens is 804 g/mol. The van der Waals surface area contributed by atoms with Gasteiger partial charge in [-0.15, -0.1) is 0 Å². The SMILES string of the molecule is CC/C=C\C/C=C\C/C=C\C/C=C\CCCCCCCCCCCCCCCCCCCCC(=O)NC(COP(=O)(O)OCC[N+](C)(C)C)C(O)/C=C/CC/C=C/CCCCCC. The second-order valence-corrected chi connectivity index (χ2v) is 20.0. The molecule has 0 saturated carbocycles. The molecule has 0 aromatic heterocycles. The number of rotatable bonds is 46. The number of carbonyl (C=O) groups is 1. The van der Waals surface area contributed by atoms with Crippen LogP contribution in [0.4, 0.5) is 0 Å². The van der Waals surface area contributed by atoms with Gasteiger partial charge in [0.1, 0.15) is 13.2 Å². The summed E-state index contributed by atoms with van der Waals surface area (Å²) in [6.45, 7) is 4.64. The summed E-state index contributed by atoms with van der Waals surface area (Å²) in [6.07, 6.45) is 61.6. The highest BCUT2D eigenvalue weighted by atomic mass is 31.2. The molecule has 0 aromatic carbocycles. The smallest absolute Gasteiger partial charge is 0.387 e. The third-order valence-electron chi connectivity index (χ3n) is 11.2. The van der Waals surface area contributed by atoms with E-state index in [1.807, 2.05) is 27.2 Å². The maximum atomic E-state index is 12.9. The third-order valence-corrected chi connectivity index (χ3v) is 12.1. The Bertz CT molecular complexity index is 1250. The Morgan fingerprint density at radius 2 is 0.968 bits per heavy atom. The van der Waals surface area contributed by atoms with Gasteiger partial charge < -0.3 is 19.8 Å². The number of unbranched alkanes of at least 4 members (excludes halogenated alkanes) is 23. The van der Waals surface area contributed by atoms with Crippen molar-refractivity contribution in [2.45, 2.75) is 225 Å². The largest absolute Gasteiger partial charge is 0.472 e. The summed E-state index contributed by atoms with van der Waals surface area (Å²) < 4.78 is 23.5. The van der Waals surface area contributed by atoms with Crippen molar-refractivity contribution in [3.63, 3.8) is 0 Å². The van der Waals surface area contributed by atoms with Gasteiger partial charge in [0.15, 0.2) is 0 Å². The number of aliphatic hydroxyl groups is 1. The summed E-state index contributed by atoms with van der Waals surface area (Å²) >= 11 is 0. The van der Waals surface area contributed by atoms with Crippen LogP contribution in [-0.2, 0) is 18.4 Å². The van der Waals surface area contributed by atoms with Crippen molar-refractivity contribution in [3.05, 3.63) is 72.9 Å². The molecule has 0 heterocycles. The molecule has 3 N–H and O–H groups in total. The highest BCUT2D eigenvalue weighted by Crippen LogP contribution is 2.43. The Balaban J connectivity index is 4.04. The molecule has 63 heavy (non-hydrogen) atoms. The molecule has 0 aliphatic rings. The van der Waals surface area contributed by atoms with Gasteiger partial charge >= 0.3 is 7.82 Å². The Morgan fingerprint density at radius 3 is 1.46 bits per heavy atom. The molecule has 0 aliphatic heterocycles.